The van der Waals surface area contributed by atoms with Gasteiger partial charge < -0.3 is 18.3 Å². The molecule has 6 heteroatoms. The van der Waals surface area contributed by atoms with Crippen LogP contribution in [-0.4, -0.2) is 28.2 Å². The first-order valence-corrected chi connectivity index (χ1v) is 25.9. The Labute approximate surface area is 436 Å². The summed E-state index contributed by atoms with van der Waals surface area (Å²) >= 11 is 0. The van der Waals surface area contributed by atoms with E-state index in [0.717, 1.165) is 83.8 Å². The van der Waals surface area contributed by atoms with Gasteiger partial charge in [0.2, 0.25) is 0 Å². The topological polar surface area (TPSA) is 45.5 Å². The standard InChI is InChI=1S/C70H44N6/c1-6-21-45(22-7-1)58-44-59(72-70(71-58)46-23-8-2-9-24-46)54-33-20-34-56-66-64(75(67(54)56)49-29-14-5-15-30-49)42-38-52-51-31-16-18-35-60(51)76(68(52)66)50-37-40-62-57(43-50)53-39-41-63-65(69(53)74(62)48-27-12-4-13-28-48)55-32-17-19-36-61(55)73(63)47-25-10-3-11-26-47/h1-44H. The summed E-state index contributed by atoms with van der Waals surface area (Å²) in [6, 6.07) is 96.2. The summed E-state index contributed by atoms with van der Waals surface area (Å²) in [5.74, 6) is 0.686. The van der Waals surface area contributed by atoms with Crippen LogP contribution in [-0.2, 0) is 0 Å². The number of para-hydroxylation sites is 6. The maximum Gasteiger partial charge on any atom is 0.160 e. The van der Waals surface area contributed by atoms with E-state index in [9.17, 15) is 0 Å². The third-order valence-electron chi connectivity index (χ3n) is 15.5. The molecular formula is C70H44N6. The lowest BCUT2D eigenvalue weighted by Gasteiger charge is -2.13. The molecule has 76 heavy (non-hydrogen) atoms. The van der Waals surface area contributed by atoms with Crippen molar-refractivity contribution in [3.8, 4) is 56.7 Å². The minimum Gasteiger partial charge on any atom is -0.309 e. The normalized spacial score (nSPS) is 11.9. The van der Waals surface area contributed by atoms with Gasteiger partial charge >= 0.3 is 0 Å². The number of nitrogens with zero attached hydrogens (tertiary/aromatic N) is 6. The van der Waals surface area contributed by atoms with Gasteiger partial charge in [0.15, 0.2) is 5.82 Å². The zero-order valence-electron chi connectivity index (χ0n) is 41.1. The molecule has 16 aromatic rings. The SMILES string of the molecule is c1ccc(-c2cc(-c3cccc4c5c(ccc6c7ccccc7n(-c7ccc8c(c7)c7ccc9c(c%10ccccc%10n9-c9ccccc9)c7n8-c7ccccc7)c65)n(-c5ccccc5)c34)nc(-c3ccccc3)n2)cc1. The average molecular weight is 969 g/mol. The second kappa shape index (κ2) is 16.6. The number of rotatable bonds is 7. The summed E-state index contributed by atoms with van der Waals surface area (Å²) in [6.07, 6.45) is 0. The second-order valence-corrected chi connectivity index (χ2v) is 19.7. The van der Waals surface area contributed by atoms with Crippen LogP contribution in [0.3, 0.4) is 0 Å². The fraction of sp³-hybridized carbons (Fsp3) is 0. The van der Waals surface area contributed by atoms with Crippen LogP contribution in [0.2, 0.25) is 0 Å². The lowest BCUT2D eigenvalue weighted by atomic mass is 10.0. The highest BCUT2D eigenvalue weighted by Crippen LogP contribution is 2.47. The predicted molar refractivity (Wildman–Crippen MR) is 316 cm³/mol. The van der Waals surface area contributed by atoms with Crippen LogP contribution in [0.5, 0.6) is 0 Å². The minimum absolute atomic E-state index is 0.686. The van der Waals surface area contributed by atoms with Gasteiger partial charge in [-0.1, -0.05) is 182 Å². The van der Waals surface area contributed by atoms with Gasteiger partial charge in [0, 0.05) is 82.5 Å². The Hall–Kier alpha value is -10.3. The molecular weight excluding hydrogens is 925 g/mol. The number of aromatic nitrogens is 6. The van der Waals surface area contributed by atoms with Gasteiger partial charge in [-0.3, -0.25) is 0 Å². The molecule has 0 aliphatic rings. The summed E-state index contributed by atoms with van der Waals surface area (Å²) in [7, 11) is 0. The summed E-state index contributed by atoms with van der Waals surface area (Å²) in [5, 5.41) is 9.57. The van der Waals surface area contributed by atoms with Crippen molar-refractivity contribution < 1.29 is 0 Å². The van der Waals surface area contributed by atoms with E-state index in [2.05, 4.69) is 273 Å². The minimum atomic E-state index is 0.686. The molecule has 0 fully saturated rings. The molecule has 5 heterocycles. The van der Waals surface area contributed by atoms with Crippen molar-refractivity contribution in [2.24, 2.45) is 0 Å². The highest BCUT2D eigenvalue weighted by Gasteiger charge is 2.26. The molecule has 0 amide bonds. The molecule has 16 rings (SSSR count). The third-order valence-corrected chi connectivity index (χ3v) is 15.5. The number of hydrogen-bond donors (Lipinski definition) is 0. The predicted octanol–water partition coefficient (Wildman–Crippen LogP) is 17.9. The molecule has 354 valence electrons. The van der Waals surface area contributed by atoms with Crippen molar-refractivity contribution in [3.05, 3.63) is 267 Å². The van der Waals surface area contributed by atoms with E-state index in [0.29, 0.717) is 5.82 Å². The first-order valence-electron chi connectivity index (χ1n) is 25.9. The van der Waals surface area contributed by atoms with Gasteiger partial charge in [-0.2, -0.15) is 0 Å². The van der Waals surface area contributed by atoms with E-state index in [1.807, 2.05) is 12.1 Å². The van der Waals surface area contributed by atoms with E-state index in [4.69, 9.17) is 9.97 Å². The van der Waals surface area contributed by atoms with Gasteiger partial charge in [-0.05, 0) is 84.9 Å². The molecule has 0 spiro atoms. The fourth-order valence-corrected chi connectivity index (χ4v) is 12.4. The molecule has 0 radical (unpaired) electrons. The van der Waals surface area contributed by atoms with Crippen molar-refractivity contribution >= 4 is 87.2 Å². The van der Waals surface area contributed by atoms with E-state index in [1.165, 1.54) is 54.3 Å². The van der Waals surface area contributed by atoms with E-state index < -0.39 is 0 Å². The molecule has 6 nitrogen and oxygen atoms in total. The summed E-state index contributed by atoms with van der Waals surface area (Å²) in [4.78, 5) is 10.6. The Morgan fingerprint density at radius 1 is 0.237 bits per heavy atom. The first-order chi connectivity index (χ1) is 37.7. The van der Waals surface area contributed by atoms with Crippen molar-refractivity contribution in [1.82, 2.24) is 28.2 Å². The molecule has 0 bridgehead atoms. The number of benzene rings is 11. The molecule has 5 aromatic heterocycles. The van der Waals surface area contributed by atoms with Crippen LogP contribution >= 0.6 is 0 Å². The monoisotopic (exact) mass is 968 g/mol. The highest BCUT2D eigenvalue weighted by atomic mass is 15.0. The maximum absolute atomic E-state index is 5.41. The Kier molecular flexibility index (Phi) is 9.23. The smallest absolute Gasteiger partial charge is 0.160 e. The molecule has 0 unspecified atom stereocenters. The maximum atomic E-state index is 5.41. The van der Waals surface area contributed by atoms with Crippen LogP contribution in [0, 0.1) is 0 Å². The zero-order valence-corrected chi connectivity index (χ0v) is 41.1. The first kappa shape index (κ1) is 42.2. The fourth-order valence-electron chi connectivity index (χ4n) is 12.4. The Balaban J connectivity index is 1.01. The average Bonchev–Trinajstić information content (AvgIpc) is 4.32. The van der Waals surface area contributed by atoms with Crippen molar-refractivity contribution in [3.63, 3.8) is 0 Å². The van der Waals surface area contributed by atoms with E-state index >= 15 is 0 Å². The lowest BCUT2D eigenvalue weighted by molar-refractivity contribution is 1.16. The summed E-state index contributed by atoms with van der Waals surface area (Å²) < 4.78 is 9.86. The van der Waals surface area contributed by atoms with Gasteiger partial charge in [-0.15, -0.1) is 0 Å². The molecule has 0 saturated carbocycles. The lowest BCUT2D eigenvalue weighted by Crippen LogP contribution is -1.99. The van der Waals surface area contributed by atoms with Crippen LogP contribution in [0.4, 0.5) is 0 Å². The third kappa shape index (κ3) is 6.22. The van der Waals surface area contributed by atoms with Gasteiger partial charge in [0.05, 0.1) is 55.5 Å². The van der Waals surface area contributed by atoms with Crippen LogP contribution in [0.15, 0.2) is 267 Å². The Morgan fingerprint density at radius 3 is 1.34 bits per heavy atom. The van der Waals surface area contributed by atoms with E-state index in [1.54, 1.807) is 0 Å². The molecule has 0 aliphatic heterocycles. The number of fused-ring (bicyclic) bond motifs is 14. The quantitative estimate of drug-likeness (QED) is 0.160. The highest BCUT2D eigenvalue weighted by molar-refractivity contribution is 6.29. The van der Waals surface area contributed by atoms with Crippen LogP contribution in [0.1, 0.15) is 0 Å². The summed E-state index contributed by atoms with van der Waals surface area (Å²) in [6.45, 7) is 0. The summed E-state index contributed by atoms with van der Waals surface area (Å²) in [5.41, 5.74) is 18.4. The molecule has 11 aromatic carbocycles. The van der Waals surface area contributed by atoms with Crippen LogP contribution in [0.25, 0.3) is 144 Å². The van der Waals surface area contributed by atoms with Gasteiger partial charge in [0.25, 0.3) is 0 Å². The van der Waals surface area contributed by atoms with Crippen molar-refractivity contribution in [1.29, 1.82) is 0 Å². The van der Waals surface area contributed by atoms with Gasteiger partial charge in [0.1, 0.15) is 0 Å². The van der Waals surface area contributed by atoms with Gasteiger partial charge in [-0.25, -0.2) is 9.97 Å². The second-order valence-electron chi connectivity index (χ2n) is 19.7. The molecule has 0 saturated heterocycles. The van der Waals surface area contributed by atoms with Crippen LogP contribution < -0.4 is 0 Å². The molecule has 0 atom stereocenters. The zero-order chi connectivity index (χ0) is 49.8. The number of hydrogen-bond acceptors (Lipinski definition) is 2. The Morgan fingerprint density at radius 2 is 0.684 bits per heavy atom. The van der Waals surface area contributed by atoms with Crippen molar-refractivity contribution in [2.45, 2.75) is 0 Å². The largest absolute Gasteiger partial charge is 0.309 e. The Bertz CT molecular complexity index is 4890. The molecule has 0 N–H and O–H groups in total. The van der Waals surface area contributed by atoms with E-state index in [-0.39, 0.29) is 0 Å². The molecule has 0 aliphatic carbocycles. The van der Waals surface area contributed by atoms with Crippen molar-refractivity contribution in [2.75, 3.05) is 0 Å².